The molecule has 2 aliphatic heterocycles. The summed E-state index contributed by atoms with van der Waals surface area (Å²) in [4.78, 5) is 46.8. The number of aryl methyl sites for hydroxylation is 1. The summed E-state index contributed by atoms with van der Waals surface area (Å²) in [5.41, 5.74) is 6.95. The molecule has 1 unspecified atom stereocenters. The molecular formula is C19H21N7O7S2. The largest absolute Gasteiger partial charge is 0.508 e. The maximum Gasteiger partial charge on any atom is 0.352 e. The molecule has 6 N–H and O–H groups in total. The Kier molecular flexibility index (Phi) is 8.31. The minimum atomic E-state index is -1.21. The fourth-order valence-electron chi connectivity index (χ4n) is 3.37. The van der Waals surface area contributed by atoms with Gasteiger partial charge >= 0.3 is 5.97 Å². The maximum absolute atomic E-state index is 12.8. The van der Waals surface area contributed by atoms with Crippen LogP contribution in [-0.4, -0.2) is 87.6 Å². The Bertz CT molecular complexity index is 1150. The highest BCUT2D eigenvalue weighted by atomic mass is 32.2. The second kappa shape index (κ2) is 11.2. The summed E-state index contributed by atoms with van der Waals surface area (Å²) in [5, 5.41) is 39.8. The number of thioether (sulfide) groups is 2. The van der Waals surface area contributed by atoms with Crippen molar-refractivity contribution in [3.05, 3.63) is 41.1 Å². The van der Waals surface area contributed by atoms with E-state index in [0.29, 0.717) is 27.8 Å². The van der Waals surface area contributed by atoms with Crippen molar-refractivity contribution in [3.8, 4) is 5.75 Å². The van der Waals surface area contributed by atoms with Crippen LogP contribution in [0.1, 0.15) is 11.6 Å². The number of nitrogens with two attached hydrogens (primary N) is 1. The quantitative estimate of drug-likeness (QED) is 0.170. The number of aromatic nitrogens is 4. The van der Waals surface area contributed by atoms with Crippen molar-refractivity contribution in [1.29, 1.82) is 0 Å². The van der Waals surface area contributed by atoms with Crippen molar-refractivity contribution in [3.63, 3.8) is 0 Å². The van der Waals surface area contributed by atoms with Gasteiger partial charge in [-0.15, -0.1) is 16.9 Å². The molecule has 1 aromatic carbocycles. The Hall–Kier alpha value is -3.63. The molecule has 35 heavy (non-hydrogen) atoms. The third-order valence-electron chi connectivity index (χ3n) is 5.04. The highest BCUT2D eigenvalue weighted by Gasteiger charge is 2.54. The first-order chi connectivity index (χ1) is 16.7. The molecule has 1 saturated heterocycles. The second-order valence-corrected chi connectivity index (χ2v) is 9.25. The van der Waals surface area contributed by atoms with E-state index in [9.17, 15) is 24.6 Å². The summed E-state index contributed by atoms with van der Waals surface area (Å²) in [6, 6.07) is 3.96. The van der Waals surface area contributed by atoms with Crippen LogP contribution >= 0.6 is 23.5 Å². The molecule has 2 aliphatic rings. The number of benzene rings is 1. The number of carboxylic acid groups (broad SMARTS) is 2. The van der Waals surface area contributed by atoms with E-state index in [0.717, 1.165) is 0 Å². The monoisotopic (exact) mass is 523 g/mol. The number of carboxylic acids is 1. The first-order valence-corrected chi connectivity index (χ1v) is 11.9. The first kappa shape index (κ1) is 26.0. The van der Waals surface area contributed by atoms with Gasteiger partial charge < -0.3 is 26.4 Å². The van der Waals surface area contributed by atoms with Gasteiger partial charge in [0.15, 0.2) is 0 Å². The number of hydrogen-bond acceptors (Lipinski definition) is 11. The minimum Gasteiger partial charge on any atom is -0.508 e. The van der Waals surface area contributed by atoms with Gasteiger partial charge in [0.1, 0.15) is 28.9 Å². The number of β-lactam (4-membered cyclic amide) rings is 1. The van der Waals surface area contributed by atoms with Crippen molar-refractivity contribution >= 4 is 47.8 Å². The molecule has 0 aliphatic carbocycles. The molecule has 14 nitrogen and oxygen atoms in total. The van der Waals surface area contributed by atoms with Gasteiger partial charge in [-0.1, -0.05) is 23.9 Å². The molecule has 2 aromatic rings. The Balaban J connectivity index is 0.00000108. The molecule has 2 amide bonds. The summed E-state index contributed by atoms with van der Waals surface area (Å²) in [5.74, 6) is -1.55. The van der Waals surface area contributed by atoms with Crippen LogP contribution in [0.4, 0.5) is 0 Å². The topological polar surface area (TPSA) is 214 Å². The highest BCUT2D eigenvalue weighted by Crippen LogP contribution is 2.41. The van der Waals surface area contributed by atoms with Gasteiger partial charge in [0, 0.05) is 18.6 Å². The normalized spacial score (nSPS) is 19.6. The number of carbonyl (C=O) groups excluding carboxylic acids is 2. The molecule has 4 rings (SSSR count). The average molecular weight is 524 g/mol. The van der Waals surface area contributed by atoms with E-state index >= 15 is 0 Å². The predicted octanol–water partition coefficient (Wildman–Crippen LogP) is -0.853. The van der Waals surface area contributed by atoms with E-state index in [1.54, 1.807) is 7.05 Å². The lowest BCUT2D eigenvalue weighted by Gasteiger charge is -2.49. The van der Waals surface area contributed by atoms with Crippen molar-refractivity contribution in [2.45, 2.75) is 22.6 Å². The summed E-state index contributed by atoms with van der Waals surface area (Å²) in [6.45, 7) is -0.250. The lowest BCUT2D eigenvalue weighted by molar-refractivity contribution is -0.150. The van der Waals surface area contributed by atoms with Crippen LogP contribution in [0.2, 0.25) is 0 Å². The maximum atomic E-state index is 12.8. The molecule has 0 bridgehead atoms. The molecule has 0 saturated carbocycles. The van der Waals surface area contributed by atoms with Crippen LogP contribution in [0.3, 0.4) is 0 Å². The number of amides is 2. The molecule has 0 spiro atoms. The van der Waals surface area contributed by atoms with Gasteiger partial charge in [0.05, 0.1) is 0 Å². The van der Waals surface area contributed by atoms with Gasteiger partial charge in [0.25, 0.3) is 12.4 Å². The molecule has 0 radical (unpaired) electrons. The zero-order valence-corrected chi connectivity index (χ0v) is 19.8. The van der Waals surface area contributed by atoms with Crippen molar-refractivity contribution in [2.75, 3.05) is 11.5 Å². The number of aromatic hydroxyl groups is 1. The molecule has 186 valence electrons. The number of phenols is 1. The number of rotatable bonds is 7. The number of hydrogen-bond donors (Lipinski definition) is 5. The van der Waals surface area contributed by atoms with E-state index in [1.807, 2.05) is 0 Å². The van der Waals surface area contributed by atoms with Gasteiger partial charge in [-0.25, -0.2) is 9.48 Å². The third kappa shape index (κ3) is 5.55. The summed E-state index contributed by atoms with van der Waals surface area (Å²) in [7, 11) is 1.68. The zero-order chi connectivity index (χ0) is 25.7. The first-order valence-electron chi connectivity index (χ1n) is 9.87. The van der Waals surface area contributed by atoms with Crippen molar-refractivity contribution < 1.29 is 34.5 Å². The standard InChI is InChI=1S/C18H19N7O5S2.CH2O2/c1-24-18(21-22-23-24)32-7-9-6-31-16-12(15(28)25(16)13(9)17(29)30)20-14(27)11(19)8-2-4-10(26)5-3-8;2-1-3/h2-5,11-12,16,26H,6-7,19H2,1H3,(H,20,27)(H,29,30);1H,(H,2,3)/t11-,12?,16-;/m1./s1. The van der Waals surface area contributed by atoms with Crippen LogP contribution in [0, 0.1) is 0 Å². The number of phenolic OH excluding ortho intramolecular Hbond substituents is 1. The van der Waals surface area contributed by atoms with Crippen LogP contribution in [0.15, 0.2) is 40.7 Å². The van der Waals surface area contributed by atoms with Crippen LogP contribution < -0.4 is 11.1 Å². The predicted molar refractivity (Wildman–Crippen MR) is 123 cm³/mol. The summed E-state index contributed by atoms with van der Waals surface area (Å²) < 4.78 is 1.47. The molecule has 3 heterocycles. The van der Waals surface area contributed by atoms with Gasteiger partial charge in [-0.2, -0.15) is 0 Å². The van der Waals surface area contributed by atoms with E-state index in [-0.39, 0.29) is 17.9 Å². The SMILES string of the molecule is Cn1nnnc1SCC1=C(C(=O)O)N2C(=O)C(NC(=O)[C@H](N)c3ccc(O)cc3)[C@H]2SC1.O=CO. The summed E-state index contributed by atoms with van der Waals surface area (Å²) in [6.07, 6.45) is 0. The lowest BCUT2D eigenvalue weighted by Crippen LogP contribution is -2.71. The molecule has 16 heteroatoms. The van der Waals surface area contributed by atoms with Crippen LogP contribution in [0.25, 0.3) is 0 Å². The third-order valence-corrected chi connectivity index (χ3v) is 7.48. The number of fused-ring (bicyclic) bond motifs is 1. The highest BCUT2D eigenvalue weighted by molar-refractivity contribution is 8.01. The van der Waals surface area contributed by atoms with Crippen LogP contribution in [-0.2, 0) is 26.2 Å². The second-order valence-electron chi connectivity index (χ2n) is 7.20. The molecule has 3 atom stereocenters. The average Bonchev–Trinajstić information content (AvgIpc) is 3.25. The molecular weight excluding hydrogens is 502 g/mol. The van der Waals surface area contributed by atoms with Gasteiger partial charge in [0.2, 0.25) is 11.1 Å². The fraction of sp³-hybridized carbons (Fsp3) is 0.316. The lowest BCUT2D eigenvalue weighted by atomic mass is 10.0. The van der Waals surface area contributed by atoms with Gasteiger partial charge in [-0.05, 0) is 33.7 Å². The summed E-state index contributed by atoms with van der Waals surface area (Å²) >= 11 is 2.64. The van der Waals surface area contributed by atoms with Crippen molar-refractivity contribution in [1.82, 2.24) is 30.4 Å². The minimum absolute atomic E-state index is 0.0437. The van der Waals surface area contributed by atoms with E-state index < -0.39 is 35.2 Å². The Morgan fingerprint density at radius 1 is 1.37 bits per heavy atom. The van der Waals surface area contributed by atoms with Crippen LogP contribution in [0.5, 0.6) is 5.75 Å². The van der Waals surface area contributed by atoms with E-state index in [4.69, 9.17) is 15.6 Å². The van der Waals surface area contributed by atoms with E-state index in [1.165, 1.54) is 57.4 Å². The fourth-order valence-corrected chi connectivity index (χ4v) is 5.70. The number of nitrogens with zero attached hydrogens (tertiary/aromatic N) is 5. The Morgan fingerprint density at radius 3 is 2.60 bits per heavy atom. The number of tetrazole rings is 1. The number of aliphatic carboxylic acids is 1. The molecule has 1 fully saturated rings. The number of carbonyl (C=O) groups is 4. The smallest absolute Gasteiger partial charge is 0.352 e. The van der Waals surface area contributed by atoms with Crippen molar-refractivity contribution in [2.24, 2.45) is 12.8 Å². The molecule has 1 aromatic heterocycles. The van der Waals surface area contributed by atoms with E-state index in [2.05, 4.69) is 20.8 Å². The number of nitrogens with one attached hydrogen (secondary N) is 1. The Morgan fingerprint density at radius 2 is 2.03 bits per heavy atom. The van der Waals surface area contributed by atoms with Gasteiger partial charge in [-0.3, -0.25) is 19.3 Å². The zero-order valence-electron chi connectivity index (χ0n) is 18.1. The Labute approximate surface area is 206 Å².